The highest BCUT2D eigenvalue weighted by Crippen LogP contribution is 2.30. The molecule has 0 aliphatic rings. The molecule has 0 aliphatic carbocycles. The smallest absolute Gasteiger partial charge is 0.213 e. The van der Waals surface area contributed by atoms with Crippen molar-refractivity contribution in [3.63, 3.8) is 0 Å². The van der Waals surface area contributed by atoms with Gasteiger partial charge in [0.25, 0.3) is 0 Å². The average molecular weight is 405 g/mol. The monoisotopic (exact) mass is 403 g/mol. The van der Waals surface area contributed by atoms with Crippen LogP contribution in [0.25, 0.3) is 22.5 Å². The zero-order valence-corrected chi connectivity index (χ0v) is 14.6. The van der Waals surface area contributed by atoms with Crippen molar-refractivity contribution in [3.05, 3.63) is 75.4 Å². The van der Waals surface area contributed by atoms with Crippen LogP contribution in [-0.2, 0) is 0 Å². The Morgan fingerprint density at radius 1 is 0.714 bits per heavy atom. The first-order valence-corrected chi connectivity index (χ1v) is 8.17. The van der Waals surface area contributed by atoms with Crippen molar-refractivity contribution in [3.8, 4) is 22.5 Å². The van der Waals surface area contributed by atoms with E-state index in [4.69, 9.17) is 4.42 Å². The fourth-order valence-corrected chi connectivity index (χ4v) is 3.05. The van der Waals surface area contributed by atoms with Gasteiger partial charge in [-0.1, -0.05) is 50.1 Å². The van der Waals surface area contributed by atoms with Crippen LogP contribution in [0.5, 0.6) is 0 Å². The molecule has 0 amide bonds. The van der Waals surface area contributed by atoms with E-state index in [1.54, 1.807) is 0 Å². The van der Waals surface area contributed by atoms with Gasteiger partial charge in [0.15, 0.2) is 0 Å². The lowest BCUT2D eigenvalue weighted by atomic mass is 10.0. The number of aryl methyl sites for hydroxylation is 1. The second kappa shape index (κ2) is 6.12. The third-order valence-corrected chi connectivity index (χ3v) is 4.17. The number of hydrogen-bond donors (Lipinski definition) is 0. The molecule has 0 aliphatic heterocycles. The van der Waals surface area contributed by atoms with Gasteiger partial charge in [-0.05, 0) is 35.9 Å². The summed E-state index contributed by atoms with van der Waals surface area (Å²) < 4.78 is 7.99. The molecule has 3 heteroatoms. The number of hydrogen-bond acceptors (Lipinski definition) is 0. The summed E-state index contributed by atoms with van der Waals surface area (Å²) in [5.74, 6) is 1.76. The summed E-state index contributed by atoms with van der Waals surface area (Å²) in [6.45, 7) is 1.98. The summed E-state index contributed by atoms with van der Waals surface area (Å²) in [6, 6.07) is 20.5. The summed E-state index contributed by atoms with van der Waals surface area (Å²) in [5.41, 5.74) is 3.37. The van der Waals surface area contributed by atoms with Crippen LogP contribution in [0, 0.1) is 6.92 Å². The molecule has 3 rings (SSSR count). The molecule has 1 nitrogen and oxygen atoms in total. The van der Waals surface area contributed by atoms with E-state index in [9.17, 15) is 0 Å². The molecule has 0 fully saturated rings. The van der Waals surface area contributed by atoms with E-state index in [2.05, 4.69) is 62.2 Å². The molecule has 0 saturated carbocycles. The highest BCUT2D eigenvalue weighted by molar-refractivity contribution is 9.10. The minimum atomic E-state index is 0.867. The van der Waals surface area contributed by atoms with Gasteiger partial charge >= 0.3 is 11.5 Å². The second-order valence-electron chi connectivity index (χ2n) is 4.84. The third-order valence-electron chi connectivity index (χ3n) is 3.18. The van der Waals surface area contributed by atoms with Gasteiger partial charge in [-0.25, -0.2) is 4.42 Å². The largest absolute Gasteiger partial charge is 0.360 e. The minimum absolute atomic E-state index is 0.867. The Balaban J connectivity index is 2.12. The van der Waals surface area contributed by atoms with Crippen molar-refractivity contribution in [2.45, 2.75) is 6.92 Å². The van der Waals surface area contributed by atoms with Crippen molar-refractivity contribution < 1.29 is 4.42 Å². The molecule has 0 atom stereocenters. The molecule has 1 aromatic heterocycles. The minimum Gasteiger partial charge on any atom is -0.213 e. The second-order valence-corrected chi connectivity index (χ2v) is 6.67. The maximum absolute atomic E-state index is 5.88. The zero-order chi connectivity index (χ0) is 14.8. The van der Waals surface area contributed by atoms with Crippen molar-refractivity contribution in [1.82, 2.24) is 0 Å². The van der Waals surface area contributed by atoms with Crippen molar-refractivity contribution in [2.75, 3.05) is 0 Å². The van der Waals surface area contributed by atoms with Crippen LogP contribution < -0.4 is 0 Å². The summed E-state index contributed by atoms with van der Waals surface area (Å²) in [7, 11) is 0. The van der Waals surface area contributed by atoms with Crippen molar-refractivity contribution in [2.24, 2.45) is 0 Å². The first kappa shape index (κ1) is 14.5. The molecule has 2 aromatic carbocycles. The molecule has 0 radical (unpaired) electrons. The third kappa shape index (κ3) is 3.42. The SMILES string of the molecule is Cc1cc(-c2cccc(Br)c2)cc(-c2cccc(Br)c2)[o+]1. The fourth-order valence-electron chi connectivity index (χ4n) is 2.25. The molecule has 104 valence electrons. The van der Waals surface area contributed by atoms with E-state index >= 15 is 0 Å². The fraction of sp³-hybridized carbons (Fsp3) is 0.0556. The molecular weight excluding hydrogens is 392 g/mol. The Labute approximate surface area is 140 Å². The molecule has 0 N–H and O–H groups in total. The number of benzene rings is 2. The van der Waals surface area contributed by atoms with Gasteiger partial charge in [0.2, 0.25) is 0 Å². The Kier molecular flexibility index (Phi) is 4.22. The predicted molar refractivity (Wildman–Crippen MR) is 94.1 cm³/mol. The molecular formula is C18H13Br2O+. The molecule has 21 heavy (non-hydrogen) atoms. The zero-order valence-electron chi connectivity index (χ0n) is 11.4. The molecule has 0 unspecified atom stereocenters. The highest BCUT2D eigenvalue weighted by atomic mass is 79.9. The van der Waals surface area contributed by atoms with Crippen LogP contribution in [0.3, 0.4) is 0 Å². The average Bonchev–Trinajstić information content (AvgIpc) is 2.46. The molecule has 0 bridgehead atoms. The molecule has 1 heterocycles. The first-order valence-electron chi connectivity index (χ1n) is 6.58. The maximum Gasteiger partial charge on any atom is 0.360 e. The summed E-state index contributed by atoms with van der Waals surface area (Å²) in [6.07, 6.45) is 0. The van der Waals surface area contributed by atoms with Crippen LogP contribution in [0.2, 0.25) is 0 Å². The summed E-state index contributed by atoms with van der Waals surface area (Å²) >= 11 is 7.02. The molecule has 0 spiro atoms. The van der Waals surface area contributed by atoms with Gasteiger partial charge in [-0.3, -0.25) is 0 Å². The summed E-state index contributed by atoms with van der Waals surface area (Å²) in [5, 5.41) is 0. The maximum atomic E-state index is 5.88. The summed E-state index contributed by atoms with van der Waals surface area (Å²) in [4.78, 5) is 0. The van der Waals surface area contributed by atoms with E-state index in [-0.39, 0.29) is 0 Å². The lowest BCUT2D eigenvalue weighted by Gasteiger charge is -2.02. The predicted octanol–water partition coefficient (Wildman–Crippen LogP) is 6.73. The topological polar surface area (TPSA) is 11.3 Å². The quantitative estimate of drug-likeness (QED) is 0.431. The Morgan fingerprint density at radius 3 is 2.00 bits per heavy atom. The Bertz CT molecular complexity index is 733. The van der Waals surface area contributed by atoms with Gasteiger partial charge < -0.3 is 0 Å². The lowest BCUT2D eigenvalue weighted by Crippen LogP contribution is -1.85. The van der Waals surface area contributed by atoms with Crippen molar-refractivity contribution >= 4 is 31.9 Å². The van der Waals surface area contributed by atoms with Gasteiger partial charge in [-0.15, -0.1) is 0 Å². The standard InChI is InChI=1S/C18H13Br2O/c1-12-8-15(13-4-2-6-16(19)9-13)11-18(21-12)14-5-3-7-17(20)10-14/h2-11H,1H3/q+1. The van der Waals surface area contributed by atoms with E-state index in [1.165, 1.54) is 5.56 Å². The van der Waals surface area contributed by atoms with Crippen LogP contribution in [0.4, 0.5) is 0 Å². The van der Waals surface area contributed by atoms with E-state index in [1.807, 2.05) is 37.3 Å². The normalized spacial score (nSPS) is 10.6. The van der Waals surface area contributed by atoms with Crippen LogP contribution in [0.1, 0.15) is 5.76 Å². The molecule has 0 saturated heterocycles. The van der Waals surface area contributed by atoms with Gasteiger partial charge in [0.1, 0.15) is 0 Å². The van der Waals surface area contributed by atoms with E-state index < -0.39 is 0 Å². The number of halogens is 2. The molecule has 3 aromatic rings. The highest BCUT2D eigenvalue weighted by Gasteiger charge is 2.16. The van der Waals surface area contributed by atoms with Crippen LogP contribution in [-0.4, -0.2) is 0 Å². The Hall–Kier alpha value is -1.45. The Morgan fingerprint density at radius 2 is 1.33 bits per heavy atom. The van der Waals surface area contributed by atoms with Gasteiger partial charge in [-0.2, -0.15) is 0 Å². The van der Waals surface area contributed by atoms with Crippen LogP contribution >= 0.6 is 31.9 Å². The van der Waals surface area contributed by atoms with Crippen molar-refractivity contribution in [1.29, 1.82) is 0 Å². The van der Waals surface area contributed by atoms with E-state index in [0.29, 0.717) is 0 Å². The van der Waals surface area contributed by atoms with Gasteiger partial charge in [0, 0.05) is 20.6 Å². The lowest BCUT2D eigenvalue weighted by molar-refractivity contribution is 0.532. The van der Waals surface area contributed by atoms with Gasteiger partial charge in [0.05, 0.1) is 18.6 Å². The van der Waals surface area contributed by atoms with Crippen LogP contribution in [0.15, 0.2) is 74.0 Å². The number of rotatable bonds is 2. The van der Waals surface area contributed by atoms with E-state index in [0.717, 1.165) is 31.6 Å². The first-order chi connectivity index (χ1) is 10.1.